The summed E-state index contributed by atoms with van der Waals surface area (Å²) in [6, 6.07) is 14.6. The maximum Gasteiger partial charge on any atom is 0.251 e. The van der Waals surface area contributed by atoms with Crippen LogP contribution in [0.2, 0.25) is 0 Å². The molecule has 0 bridgehead atoms. The van der Waals surface area contributed by atoms with E-state index in [-0.39, 0.29) is 12.5 Å². The fraction of sp³-hybridized carbons (Fsp3) is 0.458. The van der Waals surface area contributed by atoms with Gasteiger partial charge in [0, 0.05) is 17.0 Å². The van der Waals surface area contributed by atoms with E-state index in [0.717, 1.165) is 29.7 Å². The predicted molar refractivity (Wildman–Crippen MR) is 131 cm³/mol. The Balaban J connectivity index is 2.07. The van der Waals surface area contributed by atoms with Gasteiger partial charge < -0.3 is 5.32 Å². The van der Waals surface area contributed by atoms with Gasteiger partial charge in [0.2, 0.25) is 10.0 Å². The Kier molecular flexibility index (Phi) is 9.91. The quantitative estimate of drug-likeness (QED) is 0.434. The Labute approximate surface area is 191 Å². The molecule has 1 N–H and O–H groups in total. The summed E-state index contributed by atoms with van der Waals surface area (Å²) < 4.78 is 26.2. The van der Waals surface area contributed by atoms with Crippen molar-refractivity contribution < 1.29 is 13.2 Å². The van der Waals surface area contributed by atoms with Gasteiger partial charge in [0.15, 0.2) is 0 Å². The molecule has 2 aromatic carbocycles. The van der Waals surface area contributed by atoms with Crippen molar-refractivity contribution in [1.29, 1.82) is 0 Å². The Morgan fingerprint density at radius 1 is 1.13 bits per heavy atom. The summed E-state index contributed by atoms with van der Waals surface area (Å²) in [6.07, 6.45) is 7.70. The number of benzene rings is 2. The molecule has 0 fully saturated rings. The standard InChI is InChI=1S/C24H34N2O3S2/c1-5-7-9-19(6-2)17-25-24(27)21-14-12-20(13-15-21)18-26(31(4,28)29)22-10-8-11-23(16-22)30-3/h8,10-16,19H,5-7,9,17-18H2,1-4H3,(H,25,27)/t19-/m1/s1. The second-order valence-corrected chi connectivity index (χ2v) is 10.6. The smallest absolute Gasteiger partial charge is 0.251 e. The van der Waals surface area contributed by atoms with Gasteiger partial charge in [-0.3, -0.25) is 9.10 Å². The molecular formula is C24H34N2O3S2. The molecule has 0 radical (unpaired) electrons. The first-order valence-electron chi connectivity index (χ1n) is 10.8. The highest BCUT2D eigenvalue weighted by Crippen LogP contribution is 2.25. The molecule has 0 unspecified atom stereocenters. The summed E-state index contributed by atoms with van der Waals surface area (Å²) in [4.78, 5) is 13.5. The van der Waals surface area contributed by atoms with Crippen LogP contribution in [0.3, 0.4) is 0 Å². The van der Waals surface area contributed by atoms with E-state index >= 15 is 0 Å². The number of hydrogen-bond acceptors (Lipinski definition) is 4. The lowest BCUT2D eigenvalue weighted by Crippen LogP contribution is -2.30. The van der Waals surface area contributed by atoms with Crippen molar-refractivity contribution in [3.8, 4) is 0 Å². The average Bonchev–Trinajstić information content (AvgIpc) is 2.77. The van der Waals surface area contributed by atoms with Crippen LogP contribution in [0.5, 0.6) is 0 Å². The van der Waals surface area contributed by atoms with E-state index in [1.54, 1.807) is 30.0 Å². The zero-order valence-electron chi connectivity index (χ0n) is 18.9. The number of sulfonamides is 1. The highest BCUT2D eigenvalue weighted by molar-refractivity contribution is 7.98. The van der Waals surface area contributed by atoms with Crippen LogP contribution < -0.4 is 9.62 Å². The number of carbonyl (C=O) groups is 1. The van der Waals surface area contributed by atoms with Gasteiger partial charge in [-0.1, -0.05) is 51.3 Å². The molecule has 0 aliphatic rings. The molecule has 170 valence electrons. The van der Waals surface area contributed by atoms with E-state index in [4.69, 9.17) is 0 Å². The molecule has 5 nitrogen and oxygen atoms in total. The molecule has 2 rings (SSSR count). The van der Waals surface area contributed by atoms with Crippen molar-refractivity contribution in [2.75, 3.05) is 23.4 Å². The summed E-state index contributed by atoms with van der Waals surface area (Å²) in [5, 5.41) is 3.03. The van der Waals surface area contributed by atoms with Gasteiger partial charge in [0.25, 0.3) is 5.91 Å². The number of nitrogens with zero attached hydrogens (tertiary/aromatic N) is 1. The molecular weight excluding hydrogens is 428 g/mol. The molecule has 1 atom stereocenters. The molecule has 1 amide bonds. The van der Waals surface area contributed by atoms with Gasteiger partial charge in [-0.15, -0.1) is 11.8 Å². The molecule has 2 aromatic rings. The Hall–Kier alpha value is -1.99. The van der Waals surface area contributed by atoms with Crippen molar-refractivity contribution in [3.05, 3.63) is 59.7 Å². The van der Waals surface area contributed by atoms with Gasteiger partial charge in [-0.25, -0.2) is 8.42 Å². The monoisotopic (exact) mass is 462 g/mol. The predicted octanol–water partition coefficient (Wildman–Crippen LogP) is 5.32. The van der Waals surface area contributed by atoms with Gasteiger partial charge in [-0.2, -0.15) is 0 Å². The maximum absolute atomic E-state index is 12.5. The van der Waals surface area contributed by atoms with Crippen LogP contribution in [-0.2, 0) is 16.6 Å². The van der Waals surface area contributed by atoms with Crippen molar-refractivity contribution in [2.45, 2.75) is 51.0 Å². The maximum atomic E-state index is 12.5. The second kappa shape index (κ2) is 12.2. The molecule has 0 aliphatic carbocycles. The fourth-order valence-corrected chi connectivity index (χ4v) is 4.71. The van der Waals surface area contributed by atoms with Crippen LogP contribution in [0.1, 0.15) is 55.5 Å². The fourth-order valence-electron chi connectivity index (χ4n) is 3.38. The molecule has 0 saturated carbocycles. The topological polar surface area (TPSA) is 66.5 Å². The normalized spacial score (nSPS) is 12.4. The van der Waals surface area contributed by atoms with Crippen LogP contribution in [0, 0.1) is 5.92 Å². The summed E-state index contributed by atoms with van der Waals surface area (Å²) >= 11 is 1.57. The summed E-state index contributed by atoms with van der Waals surface area (Å²) in [5.41, 5.74) is 2.05. The largest absolute Gasteiger partial charge is 0.352 e. The highest BCUT2D eigenvalue weighted by atomic mass is 32.2. The van der Waals surface area contributed by atoms with E-state index in [1.165, 1.54) is 17.0 Å². The first-order valence-corrected chi connectivity index (χ1v) is 13.8. The number of thioether (sulfide) groups is 1. The number of hydrogen-bond donors (Lipinski definition) is 1. The van der Waals surface area contributed by atoms with E-state index in [1.807, 2.05) is 36.6 Å². The van der Waals surface area contributed by atoms with Gasteiger partial charge in [0.05, 0.1) is 18.5 Å². The number of carbonyl (C=O) groups excluding carboxylic acids is 1. The highest BCUT2D eigenvalue weighted by Gasteiger charge is 2.18. The van der Waals surface area contributed by atoms with Crippen LogP contribution in [0.15, 0.2) is 53.4 Å². The minimum atomic E-state index is -3.45. The summed E-state index contributed by atoms with van der Waals surface area (Å²) in [5.74, 6) is 0.415. The lowest BCUT2D eigenvalue weighted by molar-refractivity contribution is 0.0946. The van der Waals surface area contributed by atoms with Crippen LogP contribution in [-0.4, -0.2) is 33.4 Å². The zero-order valence-corrected chi connectivity index (χ0v) is 20.6. The third kappa shape index (κ3) is 7.89. The molecule has 0 saturated heterocycles. The first-order chi connectivity index (χ1) is 14.8. The molecule has 0 heterocycles. The minimum absolute atomic E-state index is 0.0888. The van der Waals surface area contributed by atoms with E-state index in [9.17, 15) is 13.2 Å². The zero-order chi connectivity index (χ0) is 22.9. The summed E-state index contributed by atoms with van der Waals surface area (Å²) in [6.45, 7) is 5.24. The van der Waals surface area contributed by atoms with Crippen LogP contribution >= 0.6 is 11.8 Å². The Bertz CT molecular complexity index is 944. The lowest BCUT2D eigenvalue weighted by Gasteiger charge is -2.23. The Morgan fingerprint density at radius 2 is 1.84 bits per heavy atom. The van der Waals surface area contributed by atoms with Gasteiger partial charge in [-0.05, 0) is 54.5 Å². The van der Waals surface area contributed by atoms with Crippen molar-refractivity contribution >= 4 is 33.4 Å². The van der Waals surface area contributed by atoms with Crippen LogP contribution in [0.4, 0.5) is 5.69 Å². The van der Waals surface area contributed by atoms with Crippen LogP contribution in [0.25, 0.3) is 0 Å². The average molecular weight is 463 g/mol. The lowest BCUT2D eigenvalue weighted by atomic mass is 9.99. The van der Waals surface area contributed by atoms with Crippen molar-refractivity contribution in [3.63, 3.8) is 0 Å². The van der Waals surface area contributed by atoms with E-state index < -0.39 is 10.0 Å². The Morgan fingerprint density at radius 3 is 2.42 bits per heavy atom. The first kappa shape index (κ1) is 25.3. The number of unbranched alkanes of at least 4 members (excludes halogenated alkanes) is 1. The molecule has 0 spiro atoms. The molecule has 31 heavy (non-hydrogen) atoms. The van der Waals surface area contributed by atoms with Crippen molar-refractivity contribution in [1.82, 2.24) is 5.32 Å². The number of anilines is 1. The molecule has 0 aromatic heterocycles. The number of amides is 1. The second-order valence-electron chi connectivity index (χ2n) is 7.79. The van der Waals surface area contributed by atoms with E-state index in [2.05, 4.69) is 19.2 Å². The van der Waals surface area contributed by atoms with Crippen molar-refractivity contribution in [2.24, 2.45) is 5.92 Å². The molecule has 7 heteroatoms. The third-order valence-electron chi connectivity index (χ3n) is 5.38. The summed E-state index contributed by atoms with van der Waals surface area (Å²) in [7, 11) is -3.45. The minimum Gasteiger partial charge on any atom is -0.352 e. The van der Waals surface area contributed by atoms with Gasteiger partial charge >= 0.3 is 0 Å². The third-order valence-corrected chi connectivity index (χ3v) is 7.24. The van der Waals surface area contributed by atoms with E-state index in [0.29, 0.717) is 23.7 Å². The number of rotatable bonds is 12. The number of nitrogens with one attached hydrogen (secondary N) is 1. The molecule has 0 aliphatic heterocycles. The van der Waals surface area contributed by atoms with Gasteiger partial charge in [0.1, 0.15) is 0 Å². The SMILES string of the molecule is CCCC[C@@H](CC)CNC(=O)c1ccc(CN(c2cccc(SC)c2)S(C)(=O)=O)cc1.